The zero-order valence-electron chi connectivity index (χ0n) is 18.9. The third-order valence-corrected chi connectivity index (χ3v) is 5.33. The maximum atomic E-state index is 12.8. The van der Waals surface area contributed by atoms with Crippen LogP contribution in [0.15, 0.2) is 42.5 Å². The van der Waals surface area contributed by atoms with Gasteiger partial charge in [0.15, 0.2) is 6.10 Å². The quantitative estimate of drug-likeness (QED) is 0.590. The lowest BCUT2D eigenvalue weighted by molar-refractivity contribution is -0.123. The molecule has 0 fully saturated rings. The minimum atomic E-state index is -0.938. The number of anilines is 1. The van der Waals surface area contributed by atoms with Crippen LogP contribution >= 0.6 is 0 Å². The number of benzene rings is 2. The van der Waals surface area contributed by atoms with Crippen molar-refractivity contribution >= 4 is 17.6 Å². The number of nitrogens with zero attached hydrogens (tertiary/aromatic N) is 2. The first-order valence-electron chi connectivity index (χ1n) is 10.3. The SMILES string of the molecule is Cc1ccc(Cn2nc(C)c(C(=O)O[C@@H](C)C(=O)Nc3ccc(C)cc3C)c2C)cc1. The van der Waals surface area contributed by atoms with E-state index in [1.54, 1.807) is 18.5 Å². The number of carbonyl (C=O) groups excluding carboxylic acids is 2. The fraction of sp³-hybridized carbons (Fsp3) is 0.320. The molecule has 31 heavy (non-hydrogen) atoms. The predicted molar refractivity (Wildman–Crippen MR) is 121 cm³/mol. The predicted octanol–water partition coefficient (Wildman–Crippen LogP) is 4.66. The van der Waals surface area contributed by atoms with Gasteiger partial charge in [0.25, 0.3) is 5.91 Å². The fourth-order valence-electron chi connectivity index (χ4n) is 3.47. The Morgan fingerprint density at radius 2 is 1.65 bits per heavy atom. The molecular formula is C25H29N3O3. The maximum absolute atomic E-state index is 12.8. The Balaban J connectivity index is 1.70. The lowest BCUT2D eigenvalue weighted by atomic mass is 10.1. The summed E-state index contributed by atoms with van der Waals surface area (Å²) in [6, 6.07) is 13.9. The van der Waals surface area contributed by atoms with Gasteiger partial charge in [-0.1, -0.05) is 47.5 Å². The molecule has 6 heteroatoms. The summed E-state index contributed by atoms with van der Waals surface area (Å²) in [6.07, 6.45) is -0.938. The van der Waals surface area contributed by atoms with Gasteiger partial charge in [-0.15, -0.1) is 0 Å². The average Bonchev–Trinajstić information content (AvgIpc) is 2.98. The van der Waals surface area contributed by atoms with E-state index in [2.05, 4.69) is 10.4 Å². The van der Waals surface area contributed by atoms with Crippen molar-refractivity contribution in [3.05, 3.63) is 81.7 Å². The van der Waals surface area contributed by atoms with Gasteiger partial charge in [0.2, 0.25) is 0 Å². The number of carbonyl (C=O) groups is 2. The molecule has 0 aliphatic heterocycles. The first kappa shape index (κ1) is 22.3. The van der Waals surface area contributed by atoms with E-state index in [1.165, 1.54) is 5.56 Å². The first-order valence-corrected chi connectivity index (χ1v) is 10.3. The Bertz CT molecular complexity index is 1110. The van der Waals surface area contributed by atoms with Crippen molar-refractivity contribution < 1.29 is 14.3 Å². The second-order valence-corrected chi connectivity index (χ2v) is 8.04. The minimum absolute atomic E-state index is 0.373. The minimum Gasteiger partial charge on any atom is -0.449 e. The van der Waals surface area contributed by atoms with Crippen molar-refractivity contribution in [3.8, 4) is 0 Å². The molecular weight excluding hydrogens is 390 g/mol. The van der Waals surface area contributed by atoms with Crippen LogP contribution in [0.4, 0.5) is 5.69 Å². The van der Waals surface area contributed by atoms with Gasteiger partial charge in [-0.05, 0) is 58.7 Å². The molecule has 162 valence electrons. The zero-order valence-corrected chi connectivity index (χ0v) is 18.9. The summed E-state index contributed by atoms with van der Waals surface area (Å²) in [7, 11) is 0. The normalized spacial score (nSPS) is 11.8. The maximum Gasteiger partial charge on any atom is 0.342 e. The van der Waals surface area contributed by atoms with E-state index in [9.17, 15) is 9.59 Å². The van der Waals surface area contributed by atoms with Gasteiger partial charge in [-0.3, -0.25) is 9.48 Å². The molecule has 0 spiro atoms. The molecule has 1 heterocycles. The Morgan fingerprint density at radius 1 is 1.00 bits per heavy atom. The number of rotatable bonds is 6. The summed E-state index contributed by atoms with van der Waals surface area (Å²) in [5, 5.41) is 7.33. The number of hydrogen-bond acceptors (Lipinski definition) is 4. The van der Waals surface area contributed by atoms with E-state index in [0.717, 1.165) is 16.7 Å². The van der Waals surface area contributed by atoms with Gasteiger partial charge in [-0.2, -0.15) is 5.10 Å². The monoisotopic (exact) mass is 419 g/mol. The summed E-state index contributed by atoms with van der Waals surface area (Å²) in [6.45, 7) is 11.7. The van der Waals surface area contributed by atoms with Crippen molar-refractivity contribution in [2.45, 2.75) is 54.2 Å². The van der Waals surface area contributed by atoms with Crippen molar-refractivity contribution in [2.24, 2.45) is 0 Å². The number of esters is 1. The molecule has 1 atom stereocenters. The number of amides is 1. The van der Waals surface area contributed by atoms with Crippen LogP contribution in [0.2, 0.25) is 0 Å². The van der Waals surface area contributed by atoms with Crippen molar-refractivity contribution in [1.29, 1.82) is 0 Å². The molecule has 3 aromatic rings. The molecule has 0 aliphatic rings. The molecule has 0 radical (unpaired) electrons. The van der Waals surface area contributed by atoms with Gasteiger partial charge in [0, 0.05) is 5.69 Å². The summed E-state index contributed by atoms with van der Waals surface area (Å²) < 4.78 is 7.26. The van der Waals surface area contributed by atoms with Gasteiger partial charge in [0.1, 0.15) is 5.56 Å². The molecule has 2 aromatic carbocycles. The van der Waals surface area contributed by atoms with E-state index in [4.69, 9.17) is 4.74 Å². The standard InChI is InChI=1S/C25H29N3O3/c1-15-7-10-21(11-8-15)14-28-19(5)23(18(4)27-28)25(30)31-20(6)24(29)26-22-12-9-16(2)13-17(22)3/h7-13,20H,14H2,1-6H3,(H,26,29)/t20-/m0/s1. The van der Waals surface area contributed by atoms with E-state index >= 15 is 0 Å². The number of aryl methyl sites for hydroxylation is 4. The topological polar surface area (TPSA) is 73.2 Å². The molecule has 6 nitrogen and oxygen atoms in total. The second-order valence-electron chi connectivity index (χ2n) is 8.04. The smallest absolute Gasteiger partial charge is 0.342 e. The van der Waals surface area contributed by atoms with E-state index < -0.39 is 12.1 Å². The van der Waals surface area contributed by atoms with Crippen LogP contribution in [0.1, 0.15) is 50.9 Å². The van der Waals surface area contributed by atoms with Crippen LogP contribution in [-0.4, -0.2) is 27.8 Å². The third kappa shape index (κ3) is 5.20. The molecule has 1 N–H and O–H groups in total. The van der Waals surface area contributed by atoms with Crippen LogP contribution in [0.5, 0.6) is 0 Å². The largest absolute Gasteiger partial charge is 0.449 e. The highest BCUT2D eigenvalue weighted by Crippen LogP contribution is 2.19. The molecule has 0 bridgehead atoms. The van der Waals surface area contributed by atoms with Crippen LogP contribution in [-0.2, 0) is 16.1 Å². The highest BCUT2D eigenvalue weighted by Gasteiger charge is 2.25. The first-order chi connectivity index (χ1) is 14.7. The van der Waals surface area contributed by atoms with Gasteiger partial charge in [0.05, 0.1) is 17.9 Å². The summed E-state index contributed by atoms with van der Waals surface area (Å²) in [5.74, 6) is -0.920. The van der Waals surface area contributed by atoms with E-state index in [-0.39, 0.29) is 5.91 Å². The van der Waals surface area contributed by atoms with Crippen molar-refractivity contribution in [3.63, 3.8) is 0 Å². The Morgan fingerprint density at radius 3 is 2.29 bits per heavy atom. The van der Waals surface area contributed by atoms with Crippen LogP contribution < -0.4 is 5.32 Å². The number of aromatic nitrogens is 2. The molecule has 1 amide bonds. The van der Waals surface area contributed by atoms with Crippen molar-refractivity contribution in [1.82, 2.24) is 9.78 Å². The molecule has 0 aliphatic carbocycles. The van der Waals surface area contributed by atoms with E-state index in [1.807, 2.05) is 70.2 Å². The Kier molecular flexibility index (Phi) is 6.59. The van der Waals surface area contributed by atoms with E-state index in [0.29, 0.717) is 29.2 Å². The molecule has 1 aromatic heterocycles. The molecule has 3 rings (SSSR count). The van der Waals surface area contributed by atoms with Gasteiger partial charge < -0.3 is 10.1 Å². The Hall–Kier alpha value is -3.41. The van der Waals surface area contributed by atoms with Crippen LogP contribution in [0, 0.1) is 34.6 Å². The van der Waals surface area contributed by atoms with Gasteiger partial charge in [-0.25, -0.2) is 4.79 Å². The number of hydrogen-bond donors (Lipinski definition) is 1. The number of ether oxygens (including phenoxy) is 1. The number of nitrogens with one attached hydrogen (secondary N) is 1. The summed E-state index contributed by atoms with van der Waals surface area (Å²) in [5.41, 5.74) is 6.75. The fourth-order valence-corrected chi connectivity index (χ4v) is 3.47. The van der Waals surface area contributed by atoms with Crippen LogP contribution in [0.3, 0.4) is 0 Å². The van der Waals surface area contributed by atoms with Gasteiger partial charge >= 0.3 is 5.97 Å². The molecule has 0 unspecified atom stereocenters. The highest BCUT2D eigenvalue weighted by molar-refractivity contribution is 5.98. The Labute approximate surface area is 183 Å². The summed E-state index contributed by atoms with van der Waals surface area (Å²) in [4.78, 5) is 25.4. The third-order valence-electron chi connectivity index (χ3n) is 5.33. The van der Waals surface area contributed by atoms with Crippen molar-refractivity contribution in [2.75, 3.05) is 5.32 Å². The molecule has 0 saturated heterocycles. The lowest BCUT2D eigenvalue weighted by Gasteiger charge is -2.15. The zero-order chi connectivity index (χ0) is 22.7. The highest BCUT2D eigenvalue weighted by atomic mass is 16.5. The average molecular weight is 420 g/mol. The molecule has 0 saturated carbocycles. The summed E-state index contributed by atoms with van der Waals surface area (Å²) >= 11 is 0. The second kappa shape index (κ2) is 9.16. The van der Waals surface area contributed by atoms with Crippen LogP contribution in [0.25, 0.3) is 0 Å². The lowest BCUT2D eigenvalue weighted by Crippen LogP contribution is -2.30.